The second-order valence-corrected chi connectivity index (χ2v) is 7.80. The Kier molecular flexibility index (Phi) is 4.70. The molecule has 0 fully saturated rings. The molecule has 0 atom stereocenters. The summed E-state index contributed by atoms with van der Waals surface area (Å²) in [5, 5.41) is 0.709. The van der Waals surface area contributed by atoms with Crippen molar-refractivity contribution in [2.75, 3.05) is 16.2 Å². The largest absolute Gasteiger partial charge is 0.308 e. The summed E-state index contributed by atoms with van der Waals surface area (Å²) in [6.45, 7) is 0.684. The lowest BCUT2D eigenvalue weighted by molar-refractivity contribution is 0.401. The number of halogens is 2. The summed E-state index contributed by atoms with van der Waals surface area (Å²) >= 11 is 3.32. The quantitative estimate of drug-likeness (QED) is 0.734. The summed E-state index contributed by atoms with van der Waals surface area (Å²) < 4.78 is 42.8. The minimum atomic E-state index is -3.82. The molecule has 2 aromatic carbocycles. The van der Waals surface area contributed by atoms with Gasteiger partial charge in [0.15, 0.2) is 0 Å². The third-order valence-electron chi connectivity index (χ3n) is 3.73. The van der Waals surface area contributed by atoms with E-state index in [-0.39, 0.29) is 5.69 Å². The highest BCUT2D eigenvalue weighted by Crippen LogP contribution is 2.39. The van der Waals surface area contributed by atoms with E-state index in [1.807, 2.05) is 12.1 Å². The molecule has 1 heterocycles. The second-order valence-electron chi connectivity index (χ2n) is 5.23. The van der Waals surface area contributed by atoms with Crippen LogP contribution in [0.2, 0.25) is 0 Å². The van der Waals surface area contributed by atoms with Crippen LogP contribution in [0.5, 0.6) is 0 Å². The standard InChI is InChI=1S/C16H16BrFN2O2S/c17-10-5-11-19-12-13-6-1-3-8-15(13)20(23(19,21)22)16-9-4-2-7-14(16)18/h1-4,6-9H,5,10-12H2. The first kappa shape index (κ1) is 16.4. The SMILES string of the molecule is O=S1(=O)N(CCCBr)Cc2ccccc2N1c1ccccc1F. The molecule has 0 aliphatic carbocycles. The molecule has 1 aliphatic heterocycles. The monoisotopic (exact) mass is 398 g/mol. The summed E-state index contributed by atoms with van der Waals surface area (Å²) in [6.07, 6.45) is 0.687. The van der Waals surface area contributed by atoms with Crippen molar-refractivity contribution < 1.29 is 12.8 Å². The zero-order valence-corrected chi connectivity index (χ0v) is 14.7. The van der Waals surface area contributed by atoms with Gasteiger partial charge in [0, 0.05) is 18.4 Å². The fraction of sp³-hybridized carbons (Fsp3) is 0.250. The molecule has 2 aromatic rings. The third kappa shape index (κ3) is 3.00. The number of hydrogen-bond acceptors (Lipinski definition) is 2. The highest BCUT2D eigenvalue weighted by Gasteiger charge is 2.38. The molecular weight excluding hydrogens is 383 g/mol. The van der Waals surface area contributed by atoms with E-state index in [1.54, 1.807) is 24.3 Å². The van der Waals surface area contributed by atoms with E-state index in [9.17, 15) is 12.8 Å². The van der Waals surface area contributed by atoms with Crippen molar-refractivity contribution in [2.24, 2.45) is 0 Å². The smallest absolute Gasteiger partial charge is 0.222 e. The molecule has 3 rings (SSSR count). The Hall–Kier alpha value is -1.44. The van der Waals surface area contributed by atoms with Gasteiger partial charge in [0.2, 0.25) is 0 Å². The van der Waals surface area contributed by atoms with Crippen molar-refractivity contribution in [3.8, 4) is 0 Å². The predicted molar refractivity (Wildman–Crippen MR) is 92.7 cm³/mol. The Balaban J connectivity index is 2.16. The first-order valence-corrected chi connectivity index (χ1v) is 9.76. The summed E-state index contributed by atoms with van der Waals surface area (Å²) in [5.74, 6) is -0.562. The molecule has 0 unspecified atom stereocenters. The molecule has 0 bridgehead atoms. The Bertz CT molecular complexity index is 813. The van der Waals surface area contributed by atoms with Gasteiger partial charge in [0.25, 0.3) is 0 Å². The number of rotatable bonds is 4. The van der Waals surface area contributed by atoms with E-state index >= 15 is 0 Å². The van der Waals surface area contributed by atoms with Gasteiger partial charge in [0.1, 0.15) is 5.82 Å². The van der Waals surface area contributed by atoms with E-state index in [2.05, 4.69) is 15.9 Å². The van der Waals surface area contributed by atoms with Crippen LogP contribution in [0.4, 0.5) is 15.8 Å². The van der Waals surface area contributed by atoms with E-state index in [1.165, 1.54) is 16.4 Å². The lowest BCUT2D eigenvalue weighted by atomic mass is 10.1. The van der Waals surface area contributed by atoms with Gasteiger partial charge in [0.05, 0.1) is 11.4 Å². The van der Waals surface area contributed by atoms with Gasteiger partial charge in [-0.3, -0.25) is 0 Å². The fourth-order valence-electron chi connectivity index (χ4n) is 2.65. The second kappa shape index (κ2) is 6.59. The summed E-state index contributed by atoms with van der Waals surface area (Å²) in [4.78, 5) is 0. The zero-order chi connectivity index (χ0) is 16.4. The minimum Gasteiger partial charge on any atom is -0.222 e. The average molecular weight is 399 g/mol. The first-order chi connectivity index (χ1) is 11.1. The maximum absolute atomic E-state index is 14.3. The summed E-state index contributed by atoms with van der Waals surface area (Å²) in [6, 6.07) is 13.1. The Morgan fingerprint density at radius 1 is 1.04 bits per heavy atom. The van der Waals surface area contributed by atoms with Crippen molar-refractivity contribution >= 4 is 37.5 Å². The number of para-hydroxylation sites is 2. The Labute approximate surface area is 143 Å². The van der Waals surface area contributed by atoms with Crippen molar-refractivity contribution in [3.63, 3.8) is 0 Å². The van der Waals surface area contributed by atoms with Crippen LogP contribution in [0.15, 0.2) is 48.5 Å². The van der Waals surface area contributed by atoms with Gasteiger partial charge in [-0.05, 0) is 30.2 Å². The molecule has 0 N–H and O–H groups in total. The van der Waals surface area contributed by atoms with Crippen LogP contribution in [-0.2, 0) is 16.8 Å². The van der Waals surface area contributed by atoms with Gasteiger partial charge in [-0.25, -0.2) is 8.70 Å². The van der Waals surface area contributed by atoms with Crippen LogP contribution in [0.1, 0.15) is 12.0 Å². The molecule has 4 nitrogen and oxygen atoms in total. The van der Waals surface area contributed by atoms with E-state index in [4.69, 9.17) is 0 Å². The number of hydrogen-bond donors (Lipinski definition) is 0. The molecule has 23 heavy (non-hydrogen) atoms. The number of benzene rings is 2. The summed E-state index contributed by atoms with van der Waals surface area (Å²) in [7, 11) is -3.82. The van der Waals surface area contributed by atoms with Crippen LogP contribution in [0.3, 0.4) is 0 Å². The molecular formula is C16H16BrFN2O2S. The van der Waals surface area contributed by atoms with Crippen molar-refractivity contribution in [1.82, 2.24) is 4.31 Å². The lowest BCUT2D eigenvalue weighted by Crippen LogP contribution is -2.46. The van der Waals surface area contributed by atoms with Crippen LogP contribution in [-0.4, -0.2) is 24.6 Å². The molecule has 1 aliphatic rings. The number of fused-ring (bicyclic) bond motifs is 1. The molecule has 0 radical (unpaired) electrons. The van der Waals surface area contributed by atoms with Gasteiger partial charge < -0.3 is 0 Å². The van der Waals surface area contributed by atoms with Crippen molar-refractivity contribution in [2.45, 2.75) is 13.0 Å². The van der Waals surface area contributed by atoms with E-state index < -0.39 is 16.0 Å². The highest BCUT2D eigenvalue weighted by molar-refractivity contribution is 9.09. The van der Waals surface area contributed by atoms with Crippen LogP contribution in [0.25, 0.3) is 0 Å². The number of anilines is 2. The average Bonchev–Trinajstić information content (AvgIpc) is 2.54. The van der Waals surface area contributed by atoms with Gasteiger partial charge >= 0.3 is 10.2 Å². The van der Waals surface area contributed by atoms with Crippen LogP contribution < -0.4 is 4.31 Å². The highest BCUT2D eigenvalue weighted by atomic mass is 79.9. The van der Waals surface area contributed by atoms with Gasteiger partial charge in [-0.15, -0.1) is 0 Å². The molecule has 0 aromatic heterocycles. The van der Waals surface area contributed by atoms with Gasteiger partial charge in [-0.1, -0.05) is 46.3 Å². The lowest BCUT2D eigenvalue weighted by Gasteiger charge is -2.37. The fourth-order valence-corrected chi connectivity index (χ4v) is 4.62. The molecule has 0 amide bonds. The molecule has 0 saturated heterocycles. The molecule has 122 valence electrons. The third-order valence-corrected chi connectivity index (χ3v) is 6.11. The predicted octanol–water partition coefficient (Wildman–Crippen LogP) is 3.81. The molecule has 7 heteroatoms. The van der Waals surface area contributed by atoms with Crippen LogP contribution in [0, 0.1) is 5.82 Å². The van der Waals surface area contributed by atoms with Crippen molar-refractivity contribution in [1.29, 1.82) is 0 Å². The topological polar surface area (TPSA) is 40.6 Å². The zero-order valence-electron chi connectivity index (χ0n) is 12.3. The molecule has 0 saturated carbocycles. The molecule has 0 spiro atoms. The van der Waals surface area contributed by atoms with E-state index in [0.717, 1.165) is 9.87 Å². The Morgan fingerprint density at radius 3 is 2.39 bits per heavy atom. The number of alkyl halides is 1. The maximum atomic E-state index is 14.3. The number of nitrogens with zero attached hydrogens (tertiary/aromatic N) is 2. The van der Waals surface area contributed by atoms with Crippen molar-refractivity contribution in [3.05, 3.63) is 59.9 Å². The maximum Gasteiger partial charge on any atom is 0.308 e. The minimum absolute atomic E-state index is 0.0449. The summed E-state index contributed by atoms with van der Waals surface area (Å²) in [5.41, 5.74) is 1.41. The van der Waals surface area contributed by atoms with E-state index in [0.29, 0.717) is 30.5 Å². The first-order valence-electron chi connectivity index (χ1n) is 7.24. The van der Waals surface area contributed by atoms with Gasteiger partial charge in [-0.2, -0.15) is 12.7 Å². The van der Waals surface area contributed by atoms with Crippen LogP contribution >= 0.6 is 15.9 Å². The normalized spacial score (nSPS) is 17.0. The Morgan fingerprint density at radius 2 is 1.70 bits per heavy atom.